The molecule has 1 aliphatic rings. The molecule has 2 rings (SSSR count). The quantitative estimate of drug-likeness (QED) is 0.921. The Morgan fingerprint density at radius 3 is 2.84 bits per heavy atom. The van der Waals surface area contributed by atoms with E-state index in [9.17, 15) is 8.42 Å². The minimum atomic E-state index is -3.69. The second-order valence-corrected chi connectivity index (χ2v) is 6.38. The number of rotatable bonds is 3. The SMILES string of the molecule is N#Cc1ccc(S(=O)(=O)NC2CCCOC2)c(Cl)c1. The smallest absolute Gasteiger partial charge is 0.242 e. The summed E-state index contributed by atoms with van der Waals surface area (Å²) in [5.41, 5.74) is 0.324. The second kappa shape index (κ2) is 5.88. The molecule has 0 aromatic heterocycles. The van der Waals surface area contributed by atoms with Crippen molar-refractivity contribution in [2.45, 2.75) is 23.8 Å². The maximum atomic E-state index is 12.2. The summed E-state index contributed by atoms with van der Waals surface area (Å²) in [4.78, 5) is -0.0151. The van der Waals surface area contributed by atoms with E-state index in [0.29, 0.717) is 18.8 Å². The fraction of sp³-hybridized carbons (Fsp3) is 0.417. The zero-order valence-electron chi connectivity index (χ0n) is 10.1. The van der Waals surface area contributed by atoms with Crippen LogP contribution in [-0.2, 0) is 14.8 Å². The summed E-state index contributed by atoms with van der Waals surface area (Å²) >= 11 is 5.91. The van der Waals surface area contributed by atoms with Gasteiger partial charge in [0.05, 0.1) is 23.3 Å². The van der Waals surface area contributed by atoms with Crippen LogP contribution in [0.15, 0.2) is 23.1 Å². The highest BCUT2D eigenvalue weighted by Gasteiger charge is 2.24. The predicted octanol–water partition coefficient (Wildman–Crippen LogP) is 1.67. The number of nitrogens with one attached hydrogen (secondary N) is 1. The molecule has 1 aromatic rings. The highest BCUT2D eigenvalue weighted by atomic mass is 35.5. The third kappa shape index (κ3) is 3.45. The van der Waals surface area contributed by atoms with E-state index < -0.39 is 10.0 Å². The van der Waals surface area contributed by atoms with Crippen molar-refractivity contribution in [3.63, 3.8) is 0 Å². The molecule has 0 saturated carbocycles. The Balaban J connectivity index is 2.22. The van der Waals surface area contributed by atoms with Crippen molar-refractivity contribution < 1.29 is 13.2 Å². The first-order chi connectivity index (χ1) is 9.03. The fourth-order valence-electron chi connectivity index (χ4n) is 1.90. The first-order valence-corrected chi connectivity index (χ1v) is 7.69. The molecule has 1 fully saturated rings. The van der Waals surface area contributed by atoms with Crippen LogP contribution in [0.1, 0.15) is 18.4 Å². The Morgan fingerprint density at radius 2 is 2.26 bits per heavy atom. The molecule has 0 bridgehead atoms. The number of benzene rings is 1. The van der Waals surface area contributed by atoms with Gasteiger partial charge in [-0.3, -0.25) is 0 Å². The first kappa shape index (κ1) is 14.3. The van der Waals surface area contributed by atoms with Gasteiger partial charge >= 0.3 is 0 Å². The predicted molar refractivity (Wildman–Crippen MR) is 70.3 cm³/mol. The Morgan fingerprint density at radius 1 is 1.47 bits per heavy atom. The molecule has 19 heavy (non-hydrogen) atoms. The number of nitriles is 1. The van der Waals surface area contributed by atoms with Crippen molar-refractivity contribution in [3.8, 4) is 6.07 Å². The van der Waals surface area contributed by atoms with Crippen LogP contribution in [0.5, 0.6) is 0 Å². The molecule has 1 heterocycles. The fourth-order valence-corrected chi connectivity index (χ4v) is 3.70. The summed E-state index contributed by atoms with van der Waals surface area (Å²) in [5.74, 6) is 0. The number of hydrogen-bond acceptors (Lipinski definition) is 4. The van der Waals surface area contributed by atoms with Crippen molar-refractivity contribution in [2.75, 3.05) is 13.2 Å². The zero-order valence-corrected chi connectivity index (χ0v) is 11.7. The molecule has 0 aliphatic carbocycles. The Labute approximate surface area is 117 Å². The summed E-state index contributed by atoms with van der Waals surface area (Å²) in [6, 6.07) is 5.79. The average Bonchev–Trinajstić information content (AvgIpc) is 2.38. The first-order valence-electron chi connectivity index (χ1n) is 5.82. The molecule has 1 saturated heterocycles. The van der Waals surface area contributed by atoms with Gasteiger partial charge < -0.3 is 4.74 Å². The molecule has 1 aromatic carbocycles. The Hall–Kier alpha value is -1.13. The standard InChI is InChI=1S/C12H13ClN2O3S/c13-11-6-9(7-14)3-4-12(11)19(16,17)15-10-2-1-5-18-8-10/h3-4,6,10,15H,1-2,5,8H2. The van der Waals surface area contributed by atoms with E-state index in [-0.39, 0.29) is 16.0 Å². The van der Waals surface area contributed by atoms with Gasteiger partial charge in [-0.2, -0.15) is 5.26 Å². The van der Waals surface area contributed by atoms with E-state index >= 15 is 0 Å². The second-order valence-electron chi connectivity index (χ2n) is 4.29. The van der Waals surface area contributed by atoms with Crippen LogP contribution < -0.4 is 4.72 Å². The van der Waals surface area contributed by atoms with Crippen molar-refractivity contribution in [1.29, 1.82) is 5.26 Å². The summed E-state index contributed by atoms with van der Waals surface area (Å²) in [7, 11) is -3.69. The molecule has 102 valence electrons. The number of nitrogens with zero attached hydrogens (tertiary/aromatic N) is 1. The Kier molecular flexibility index (Phi) is 4.42. The molecule has 5 nitrogen and oxygen atoms in total. The van der Waals surface area contributed by atoms with Crippen LogP contribution in [0, 0.1) is 11.3 Å². The molecule has 0 amide bonds. The number of sulfonamides is 1. The van der Waals surface area contributed by atoms with Gasteiger partial charge in [0.25, 0.3) is 0 Å². The van der Waals surface area contributed by atoms with Crippen LogP contribution >= 0.6 is 11.6 Å². The van der Waals surface area contributed by atoms with Gasteiger partial charge in [0.15, 0.2) is 0 Å². The molecule has 1 atom stereocenters. The van der Waals surface area contributed by atoms with Crippen molar-refractivity contribution >= 4 is 21.6 Å². The van der Waals surface area contributed by atoms with E-state index in [1.54, 1.807) is 0 Å². The largest absolute Gasteiger partial charge is 0.380 e. The van der Waals surface area contributed by atoms with Gasteiger partial charge in [-0.1, -0.05) is 11.6 Å². The lowest BCUT2D eigenvalue weighted by atomic mass is 10.1. The highest BCUT2D eigenvalue weighted by molar-refractivity contribution is 7.89. The number of halogens is 1. The van der Waals surface area contributed by atoms with Crippen molar-refractivity contribution in [1.82, 2.24) is 4.72 Å². The Bertz CT molecular complexity index is 604. The van der Waals surface area contributed by atoms with E-state index in [1.807, 2.05) is 6.07 Å². The molecular weight excluding hydrogens is 288 g/mol. The van der Waals surface area contributed by atoms with Crippen LogP contribution in [0.2, 0.25) is 5.02 Å². The normalized spacial score (nSPS) is 19.9. The highest BCUT2D eigenvalue weighted by Crippen LogP contribution is 2.23. The molecule has 0 spiro atoms. The monoisotopic (exact) mass is 300 g/mol. The van der Waals surface area contributed by atoms with Gasteiger partial charge in [0, 0.05) is 12.6 Å². The summed E-state index contributed by atoms with van der Waals surface area (Å²) in [6.45, 7) is 1.03. The maximum absolute atomic E-state index is 12.2. The van der Waals surface area contributed by atoms with Crippen molar-refractivity contribution in [2.24, 2.45) is 0 Å². The van der Waals surface area contributed by atoms with Crippen LogP contribution in [0.25, 0.3) is 0 Å². The lowest BCUT2D eigenvalue weighted by molar-refractivity contribution is 0.0774. The van der Waals surface area contributed by atoms with E-state index in [0.717, 1.165) is 12.8 Å². The van der Waals surface area contributed by atoms with Gasteiger partial charge in [-0.05, 0) is 31.0 Å². The summed E-state index contributed by atoms with van der Waals surface area (Å²) in [6.07, 6.45) is 1.57. The molecule has 0 radical (unpaired) electrons. The summed E-state index contributed by atoms with van der Waals surface area (Å²) in [5, 5.41) is 8.77. The van der Waals surface area contributed by atoms with E-state index in [4.69, 9.17) is 21.6 Å². The van der Waals surface area contributed by atoms with Gasteiger partial charge in [0.2, 0.25) is 10.0 Å². The molecular formula is C12H13ClN2O3S. The zero-order chi connectivity index (χ0) is 13.9. The lowest BCUT2D eigenvalue weighted by Crippen LogP contribution is -2.40. The summed E-state index contributed by atoms with van der Waals surface area (Å²) < 4.78 is 32.2. The number of ether oxygens (including phenoxy) is 1. The minimum Gasteiger partial charge on any atom is -0.380 e. The third-order valence-electron chi connectivity index (χ3n) is 2.83. The van der Waals surface area contributed by atoms with Crippen LogP contribution in [0.3, 0.4) is 0 Å². The lowest BCUT2D eigenvalue weighted by Gasteiger charge is -2.23. The van der Waals surface area contributed by atoms with Gasteiger partial charge in [-0.15, -0.1) is 0 Å². The maximum Gasteiger partial charge on any atom is 0.242 e. The molecule has 1 N–H and O–H groups in total. The van der Waals surface area contributed by atoms with Crippen LogP contribution in [0.4, 0.5) is 0 Å². The topological polar surface area (TPSA) is 79.2 Å². The molecule has 7 heteroatoms. The number of hydrogen-bond donors (Lipinski definition) is 1. The average molecular weight is 301 g/mol. The van der Waals surface area contributed by atoms with Gasteiger partial charge in [-0.25, -0.2) is 13.1 Å². The third-order valence-corrected chi connectivity index (χ3v) is 4.84. The van der Waals surface area contributed by atoms with Crippen LogP contribution in [-0.4, -0.2) is 27.7 Å². The molecule has 1 aliphatic heterocycles. The minimum absolute atomic E-state index is 0.0151. The van der Waals surface area contributed by atoms with Crippen molar-refractivity contribution in [3.05, 3.63) is 28.8 Å². The van der Waals surface area contributed by atoms with E-state index in [2.05, 4.69) is 4.72 Å². The van der Waals surface area contributed by atoms with E-state index in [1.165, 1.54) is 18.2 Å². The van der Waals surface area contributed by atoms with Gasteiger partial charge in [0.1, 0.15) is 4.90 Å². The molecule has 1 unspecified atom stereocenters.